The number of hydrogen-bond acceptors (Lipinski definition) is 6. The fourth-order valence-corrected chi connectivity index (χ4v) is 2.39. The van der Waals surface area contributed by atoms with Gasteiger partial charge in [0, 0.05) is 12.5 Å². The number of hydrogen-bond donors (Lipinski definition) is 3. The fraction of sp³-hybridized carbons (Fsp3) is 0.200. The first-order valence-corrected chi connectivity index (χ1v) is 8.14. The molecule has 0 aliphatic rings. The van der Waals surface area contributed by atoms with Crippen molar-refractivity contribution in [1.29, 1.82) is 0 Å². The number of amides is 1. The highest BCUT2D eigenvalue weighted by Gasteiger charge is 2.21. The molecule has 142 valence electrons. The largest absolute Gasteiger partial charge is 0.508 e. The van der Waals surface area contributed by atoms with E-state index in [4.69, 9.17) is 9.47 Å². The standard InChI is InChI=1S/C20H21NO6/c1-26-18-12-14(5-9-17(18)23)6-10-19(24)21-16(20(25)27-2)11-13-3-7-15(22)8-4-13/h3-10,12,16,22-23H,11H2,1-2H3,(H,21,24)/b10-6+. The van der Waals surface area contributed by atoms with Crippen molar-refractivity contribution < 1.29 is 29.3 Å². The molecule has 0 aliphatic heterocycles. The summed E-state index contributed by atoms with van der Waals surface area (Å²) in [4.78, 5) is 24.1. The van der Waals surface area contributed by atoms with Gasteiger partial charge in [-0.1, -0.05) is 18.2 Å². The van der Waals surface area contributed by atoms with Crippen LogP contribution in [0.2, 0.25) is 0 Å². The molecule has 7 heteroatoms. The van der Waals surface area contributed by atoms with Gasteiger partial charge < -0.3 is 25.0 Å². The SMILES string of the molecule is COC(=O)C(Cc1ccc(O)cc1)NC(=O)/C=C/c1ccc(O)c(OC)c1. The maximum Gasteiger partial charge on any atom is 0.328 e. The van der Waals surface area contributed by atoms with Gasteiger partial charge in [-0.25, -0.2) is 4.79 Å². The summed E-state index contributed by atoms with van der Waals surface area (Å²) in [6.07, 6.45) is 3.03. The second-order valence-electron chi connectivity index (χ2n) is 5.72. The van der Waals surface area contributed by atoms with Crippen molar-refractivity contribution in [2.75, 3.05) is 14.2 Å². The van der Waals surface area contributed by atoms with Crippen LogP contribution >= 0.6 is 0 Å². The molecule has 2 aromatic rings. The topological polar surface area (TPSA) is 105 Å². The Labute approximate surface area is 156 Å². The zero-order chi connectivity index (χ0) is 19.8. The van der Waals surface area contributed by atoms with E-state index in [9.17, 15) is 19.8 Å². The molecule has 1 atom stereocenters. The second kappa shape index (κ2) is 9.28. The van der Waals surface area contributed by atoms with Crippen molar-refractivity contribution in [2.45, 2.75) is 12.5 Å². The maximum atomic E-state index is 12.2. The zero-order valence-electron chi connectivity index (χ0n) is 15.0. The van der Waals surface area contributed by atoms with E-state index in [1.807, 2.05) is 0 Å². The number of carbonyl (C=O) groups excluding carboxylic acids is 2. The summed E-state index contributed by atoms with van der Waals surface area (Å²) in [6, 6.07) is 10.1. The van der Waals surface area contributed by atoms with Crippen molar-refractivity contribution in [3.05, 3.63) is 59.7 Å². The Balaban J connectivity index is 2.06. The normalized spacial score (nSPS) is 11.8. The lowest BCUT2D eigenvalue weighted by atomic mass is 10.1. The molecule has 0 fully saturated rings. The second-order valence-corrected chi connectivity index (χ2v) is 5.72. The highest BCUT2D eigenvalue weighted by atomic mass is 16.5. The molecule has 1 unspecified atom stereocenters. The summed E-state index contributed by atoms with van der Waals surface area (Å²) in [5.41, 5.74) is 1.41. The Hall–Kier alpha value is -3.48. The van der Waals surface area contributed by atoms with Gasteiger partial charge in [0.1, 0.15) is 11.8 Å². The van der Waals surface area contributed by atoms with Gasteiger partial charge in [-0.3, -0.25) is 4.79 Å². The first kappa shape index (κ1) is 19.8. The third-order valence-corrected chi connectivity index (χ3v) is 3.81. The third kappa shape index (κ3) is 5.78. The molecule has 0 aliphatic carbocycles. The Kier molecular flexibility index (Phi) is 6.82. The maximum absolute atomic E-state index is 12.2. The quantitative estimate of drug-likeness (QED) is 0.508. The van der Waals surface area contributed by atoms with Gasteiger partial charge in [0.25, 0.3) is 0 Å². The molecule has 2 rings (SSSR count). The summed E-state index contributed by atoms with van der Waals surface area (Å²) in [5.74, 6) is -0.645. The van der Waals surface area contributed by atoms with Crippen LogP contribution in [0.4, 0.5) is 0 Å². The zero-order valence-corrected chi connectivity index (χ0v) is 15.0. The van der Waals surface area contributed by atoms with Crippen LogP contribution in [0.1, 0.15) is 11.1 Å². The average molecular weight is 371 g/mol. The molecule has 1 amide bonds. The van der Waals surface area contributed by atoms with Crippen LogP contribution in [0.3, 0.4) is 0 Å². The molecule has 0 heterocycles. The van der Waals surface area contributed by atoms with Crippen molar-refractivity contribution in [3.8, 4) is 17.2 Å². The number of nitrogens with one attached hydrogen (secondary N) is 1. The summed E-state index contributed by atoms with van der Waals surface area (Å²) >= 11 is 0. The number of ether oxygens (including phenoxy) is 2. The molecular formula is C20H21NO6. The minimum Gasteiger partial charge on any atom is -0.508 e. The Morgan fingerprint density at radius 3 is 2.44 bits per heavy atom. The van der Waals surface area contributed by atoms with Crippen molar-refractivity contribution in [3.63, 3.8) is 0 Å². The smallest absolute Gasteiger partial charge is 0.328 e. The van der Waals surface area contributed by atoms with E-state index in [0.29, 0.717) is 5.56 Å². The van der Waals surface area contributed by atoms with Gasteiger partial charge in [-0.05, 0) is 41.5 Å². The van der Waals surface area contributed by atoms with Crippen LogP contribution < -0.4 is 10.1 Å². The van der Waals surface area contributed by atoms with E-state index in [1.165, 1.54) is 44.6 Å². The van der Waals surface area contributed by atoms with E-state index >= 15 is 0 Å². The van der Waals surface area contributed by atoms with Crippen molar-refractivity contribution in [2.24, 2.45) is 0 Å². The molecule has 0 spiro atoms. The van der Waals surface area contributed by atoms with Crippen molar-refractivity contribution in [1.82, 2.24) is 5.32 Å². The number of rotatable bonds is 7. The molecule has 0 radical (unpaired) electrons. The molecule has 7 nitrogen and oxygen atoms in total. The van der Waals surface area contributed by atoms with E-state index in [-0.39, 0.29) is 23.7 Å². The monoisotopic (exact) mass is 371 g/mol. The van der Waals surface area contributed by atoms with Gasteiger partial charge in [0.2, 0.25) is 5.91 Å². The van der Waals surface area contributed by atoms with Crippen LogP contribution in [-0.4, -0.2) is 42.4 Å². The third-order valence-electron chi connectivity index (χ3n) is 3.81. The molecule has 0 bridgehead atoms. The molecule has 0 saturated heterocycles. The lowest BCUT2D eigenvalue weighted by Crippen LogP contribution is -2.42. The first-order chi connectivity index (χ1) is 12.9. The lowest BCUT2D eigenvalue weighted by Gasteiger charge is -2.15. The van der Waals surface area contributed by atoms with Crippen LogP contribution in [0.15, 0.2) is 48.5 Å². The highest BCUT2D eigenvalue weighted by molar-refractivity contribution is 5.94. The van der Waals surface area contributed by atoms with E-state index in [0.717, 1.165) is 5.56 Å². The summed E-state index contributed by atoms with van der Waals surface area (Å²) in [6.45, 7) is 0. The van der Waals surface area contributed by atoms with Crippen LogP contribution in [0.5, 0.6) is 17.2 Å². The summed E-state index contributed by atoms with van der Waals surface area (Å²) in [5, 5.41) is 21.5. The van der Waals surface area contributed by atoms with Gasteiger partial charge >= 0.3 is 5.97 Å². The van der Waals surface area contributed by atoms with Gasteiger partial charge in [0.05, 0.1) is 14.2 Å². The number of benzene rings is 2. The molecule has 0 saturated carbocycles. The van der Waals surface area contributed by atoms with Gasteiger partial charge in [-0.2, -0.15) is 0 Å². The highest BCUT2D eigenvalue weighted by Crippen LogP contribution is 2.26. The van der Waals surface area contributed by atoms with E-state index < -0.39 is 17.9 Å². The Morgan fingerprint density at radius 1 is 1.11 bits per heavy atom. The number of esters is 1. The summed E-state index contributed by atoms with van der Waals surface area (Å²) < 4.78 is 9.76. The fourth-order valence-electron chi connectivity index (χ4n) is 2.39. The number of aromatic hydroxyl groups is 2. The van der Waals surface area contributed by atoms with Crippen molar-refractivity contribution >= 4 is 18.0 Å². The number of methoxy groups -OCH3 is 2. The lowest BCUT2D eigenvalue weighted by molar-refractivity contribution is -0.144. The Bertz CT molecular complexity index is 829. The molecular weight excluding hydrogens is 350 g/mol. The van der Waals surface area contributed by atoms with Crippen LogP contribution in [0, 0.1) is 0 Å². The minimum absolute atomic E-state index is 0.00115. The summed E-state index contributed by atoms with van der Waals surface area (Å²) in [7, 11) is 2.68. The molecule has 2 aromatic carbocycles. The predicted molar refractivity (Wildman–Crippen MR) is 99.5 cm³/mol. The Morgan fingerprint density at radius 2 is 1.81 bits per heavy atom. The van der Waals surface area contributed by atoms with Crippen LogP contribution in [-0.2, 0) is 20.7 Å². The average Bonchev–Trinajstić information content (AvgIpc) is 2.67. The minimum atomic E-state index is -0.869. The van der Waals surface area contributed by atoms with E-state index in [1.54, 1.807) is 24.3 Å². The van der Waals surface area contributed by atoms with Crippen LogP contribution in [0.25, 0.3) is 6.08 Å². The molecule has 3 N–H and O–H groups in total. The number of phenolic OH excluding ortho intramolecular Hbond substituents is 2. The van der Waals surface area contributed by atoms with Gasteiger partial charge in [0.15, 0.2) is 11.5 Å². The number of phenols is 2. The van der Waals surface area contributed by atoms with Gasteiger partial charge in [-0.15, -0.1) is 0 Å². The first-order valence-electron chi connectivity index (χ1n) is 8.14. The predicted octanol–water partition coefficient (Wildman–Crippen LogP) is 2.02. The molecule has 0 aromatic heterocycles. The van der Waals surface area contributed by atoms with E-state index in [2.05, 4.69) is 5.32 Å². The molecule has 27 heavy (non-hydrogen) atoms. The number of carbonyl (C=O) groups is 2.